The fourth-order valence-corrected chi connectivity index (χ4v) is 1.55. The minimum absolute atomic E-state index is 0.0345. The zero-order chi connectivity index (χ0) is 14.3. The number of Topliss-reactive ketones (excluding diaryl/α,β-unsaturated/α-hetero) is 1. The van der Waals surface area contributed by atoms with Crippen LogP contribution in [0.2, 0.25) is 0 Å². The summed E-state index contributed by atoms with van der Waals surface area (Å²) < 4.78 is 4.88. The summed E-state index contributed by atoms with van der Waals surface area (Å²) in [4.78, 5) is 29.4. The van der Waals surface area contributed by atoms with Gasteiger partial charge in [-0.25, -0.2) is 0 Å². The summed E-state index contributed by atoms with van der Waals surface area (Å²) in [6.07, 6.45) is 4.70. The van der Waals surface area contributed by atoms with Crippen molar-refractivity contribution in [1.82, 2.24) is 9.88 Å². The molecule has 1 heterocycles. The predicted molar refractivity (Wildman–Crippen MR) is 71.6 cm³/mol. The number of hydrogen-bond acceptors (Lipinski definition) is 5. The Kier molecular flexibility index (Phi) is 5.73. The molecule has 5 heteroatoms. The second-order valence-corrected chi connectivity index (χ2v) is 4.16. The fraction of sp³-hybridized carbons (Fsp3) is 0.357. The van der Waals surface area contributed by atoms with Crippen LogP contribution in [0.5, 0.6) is 0 Å². The van der Waals surface area contributed by atoms with Gasteiger partial charge < -0.3 is 9.64 Å². The fourth-order valence-electron chi connectivity index (χ4n) is 1.55. The van der Waals surface area contributed by atoms with Crippen LogP contribution in [0.4, 0.5) is 0 Å². The van der Waals surface area contributed by atoms with Crippen LogP contribution >= 0.6 is 0 Å². The molecule has 0 saturated carbocycles. The van der Waals surface area contributed by atoms with Crippen LogP contribution in [-0.4, -0.2) is 42.3 Å². The van der Waals surface area contributed by atoms with Gasteiger partial charge >= 0.3 is 5.97 Å². The van der Waals surface area contributed by atoms with E-state index in [1.165, 1.54) is 0 Å². The van der Waals surface area contributed by atoms with Crippen molar-refractivity contribution in [2.24, 2.45) is 0 Å². The average Bonchev–Trinajstić information content (AvgIpc) is 2.38. The summed E-state index contributed by atoms with van der Waals surface area (Å²) >= 11 is 0. The van der Waals surface area contributed by atoms with Gasteiger partial charge in [-0.2, -0.15) is 0 Å². The van der Waals surface area contributed by atoms with Crippen molar-refractivity contribution < 1.29 is 14.3 Å². The van der Waals surface area contributed by atoms with E-state index in [1.807, 2.05) is 0 Å². The highest BCUT2D eigenvalue weighted by Gasteiger charge is 2.16. The number of carbonyl (C=O) groups is 2. The number of ketones is 1. The zero-order valence-corrected chi connectivity index (χ0v) is 11.4. The molecule has 0 spiro atoms. The predicted octanol–water partition coefficient (Wildman–Crippen LogP) is 1.66. The SMILES string of the molecule is CCOC(=O)C/C(=C/N(C)C)C(=O)c1ccncc1. The first-order valence-electron chi connectivity index (χ1n) is 6.02. The maximum atomic E-state index is 12.3. The summed E-state index contributed by atoms with van der Waals surface area (Å²) in [6, 6.07) is 3.24. The maximum absolute atomic E-state index is 12.3. The lowest BCUT2D eigenvalue weighted by molar-refractivity contribution is -0.142. The Bertz CT molecular complexity index is 467. The maximum Gasteiger partial charge on any atom is 0.310 e. The van der Waals surface area contributed by atoms with Crippen molar-refractivity contribution in [3.05, 3.63) is 41.9 Å². The van der Waals surface area contributed by atoms with Gasteiger partial charge in [0.25, 0.3) is 0 Å². The lowest BCUT2D eigenvalue weighted by Crippen LogP contribution is -2.15. The van der Waals surface area contributed by atoms with Crippen molar-refractivity contribution in [3.63, 3.8) is 0 Å². The van der Waals surface area contributed by atoms with Gasteiger partial charge in [0.05, 0.1) is 13.0 Å². The summed E-state index contributed by atoms with van der Waals surface area (Å²) in [5, 5.41) is 0. The highest BCUT2D eigenvalue weighted by atomic mass is 16.5. The molecule has 1 aromatic rings. The monoisotopic (exact) mass is 262 g/mol. The van der Waals surface area contributed by atoms with Gasteiger partial charge in [-0.15, -0.1) is 0 Å². The second kappa shape index (κ2) is 7.31. The first kappa shape index (κ1) is 14.9. The molecule has 102 valence electrons. The Balaban J connectivity index is 2.92. The number of nitrogens with zero attached hydrogens (tertiary/aromatic N) is 2. The van der Waals surface area contributed by atoms with Gasteiger partial charge in [0, 0.05) is 43.8 Å². The molecule has 1 aromatic heterocycles. The molecule has 0 aliphatic rings. The number of carbonyl (C=O) groups excluding carboxylic acids is 2. The van der Waals surface area contributed by atoms with E-state index in [-0.39, 0.29) is 12.2 Å². The Morgan fingerprint density at radius 3 is 2.47 bits per heavy atom. The number of hydrogen-bond donors (Lipinski definition) is 0. The number of pyridine rings is 1. The highest BCUT2D eigenvalue weighted by molar-refractivity contribution is 6.10. The molecule has 1 rings (SSSR count). The minimum atomic E-state index is -0.405. The summed E-state index contributed by atoms with van der Waals surface area (Å²) in [5.41, 5.74) is 0.905. The first-order valence-corrected chi connectivity index (χ1v) is 6.02. The Morgan fingerprint density at radius 2 is 1.95 bits per heavy atom. The van der Waals surface area contributed by atoms with Crippen molar-refractivity contribution in [2.45, 2.75) is 13.3 Å². The number of rotatable bonds is 6. The van der Waals surface area contributed by atoms with Crippen LogP contribution in [0.3, 0.4) is 0 Å². The normalized spacial score (nSPS) is 11.0. The van der Waals surface area contributed by atoms with Crippen LogP contribution in [-0.2, 0) is 9.53 Å². The molecule has 5 nitrogen and oxygen atoms in total. The molecule has 0 saturated heterocycles. The highest BCUT2D eigenvalue weighted by Crippen LogP contribution is 2.12. The van der Waals surface area contributed by atoms with Gasteiger partial charge in [0.1, 0.15) is 0 Å². The van der Waals surface area contributed by atoms with E-state index >= 15 is 0 Å². The Morgan fingerprint density at radius 1 is 1.32 bits per heavy atom. The van der Waals surface area contributed by atoms with Crippen LogP contribution in [0, 0.1) is 0 Å². The molecule has 0 unspecified atom stereocenters. The van der Waals surface area contributed by atoms with E-state index in [0.717, 1.165) is 0 Å². The second-order valence-electron chi connectivity index (χ2n) is 4.16. The van der Waals surface area contributed by atoms with Gasteiger partial charge in [0.2, 0.25) is 0 Å². The summed E-state index contributed by atoms with van der Waals surface area (Å²) in [5.74, 6) is -0.595. The average molecular weight is 262 g/mol. The quantitative estimate of drug-likeness (QED) is 0.443. The van der Waals surface area contributed by atoms with E-state index in [0.29, 0.717) is 17.7 Å². The van der Waals surface area contributed by atoms with E-state index in [2.05, 4.69) is 4.98 Å². The number of esters is 1. The summed E-state index contributed by atoms with van der Waals surface area (Å²) in [7, 11) is 3.59. The number of aromatic nitrogens is 1. The molecule has 0 aliphatic carbocycles. The smallest absolute Gasteiger partial charge is 0.310 e. The molecular formula is C14H18N2O3. The zero-order valence-electron chi connectivity index (χ0n) is 11.4. The molecule has 0 amide bonds. The molecular weight excluding hydrogens is 244 g/mol. The third kappa shape index (κ3) is 4.91. The van der Waals surface area contributed by atoms with Gasteiger partial charge in [0.15, 0.2) is 5.78 Å². The molecule has 19 heavy (non-hydrogen) atoms. The van der Waals surface area contributed by atoms with Gasteiger partial charge in [-0.1, -0.05) is 0 Å². The molecule has 0 aliphatic heterocycles. The van der Waals surface area contributed by atoms with E-state index in [9.17, 15) is 9.59 Å². The Labute approximate surface area is 112 Å². The third-order valence-corrected chi connectivity index (χ3v) is 2.29. The van der Waals surface area contributed by atoms with Crippen LogP contribution in [0.15, 0.2) is 36.3 Å². The van der Waals surface area contributed by atoms with E-state index < -0.39 is 5.97 Å². The topological polar surface area (TPSA) is 59.5 Å². The van der Waals surface area contributed by atoms with Gasteiger partial charge in [-0.05, 0) is 19.1 Å². The molecule has 0 radical (unpaired) electrons. The van der Waals surface area contributed by atoms with Crippen molar-refractivity contribution in [3.8, 4) is 0 Å². The lowest BCUT2D eigenvalue weighted by Gasteiger charge is -2.11. The lowest BCUT2D eigenvalue weighted by atomic mass is 10.0. The van der Waals surface area contributed by atoms with Crippen LogP contribution < -0.4 is 0 Å². The van der Waals surface area contributed by atoms with Crippen molar-refractivity contribution in [1.29, 1.82) is 0 Å². The van der Waals surface area contributed by atoms with E-state index in [4.69, 9.17) is 4.74 Å². The van der Waals surface area contributed by atoms with E-state index in [1.54, 1.807) is 56.6 Å². The van der Waals surface area contributed by atoms with Crippen LogP contribution in [0.25, 0.3) is 0 Å². The Hall–Kier alpha value is -2.17. The standard InChI is InChI=1S/C14H18N2O3/c1-4-19-13(17)9-12(10-16(2)3)14(18)11-5-7-15-8-6-11/h5-8,10H,4,9H2,1-3H3/b12-10-. The molecule has 0 atom stereocenters. The summed E-state index contributed by atoms with van der Waals surface area (Å²) in [6.45, 7) is 2.04. The van der Waals surface area contributed by atoms with Crippen molar-refractivity contribution >= 4 is 11.8 Å². The molecule has 0 N–H and O–H groups in total. The van der Waals surface area contributed by atoms with Crippen LogP contribution in [0.1, 0.15) is 23.7 Å². The number of ether oxygens (including phenoxy) is 1. The minimum Gasteiger partial charge on any atom is -0.466 e. The van der Waals surface area contributed by atoms with Crippen molar-refractivity contribution in [2.75, 3.05) is 20.7 Å². The van der Waals surface area contributed by atoms with Gasteiger partial charge in [-0.3, -0.25) is 14.6 Å². The first-order chi connectivity index (χ1) is 9.04. The molecule has 0 aromatic carbocycles. The molecule has 0 fully saturated rings. The third-order valence-electron chi connectivity index (χ3n) is 2.29. The largest absolute Gasteiger partial charge is 0.466 e. The molecule has 0 bridgehead atoms.